The van der Waals surface area contributed by atoms with Gasteiger partial charge in [0.15, 0.2) is 0 Å². The molecule has 3 heteroatoms. The third kappa shape index (κ3) is 3.03. The van der Waals surface area contributed by atoms with Crippen molar-refractivity contribution in [1.29, 1.82) is 0 Å². The van der Waals surface area contributed by atoms with E-state index in [9.17, 15) is 0 Å². The fourth-order valence-electron chi connectivity index (χ4n) is 4.61. The van der Waals surface area contributed by atoms with Crippen molar-refractivity contribution in [3.05, 3.63) is 103 Å². The van der Waals surface area contributed by atoms with Crippen LogP contribution in [0.25, 0.3) is 48.8 Å². The Morgan fingerprint density at radius 2 is 1.06 bits per heavy atom. The lowest BCUT2D eigenvalue weighted by molar-refractivity contribution is 0.650. The molecule has 156 valence electrons. The van der Waals surface area contributed by atoms with Crippen LogP contribution < -0.4 is 0 Å². The maximum absolute atomic E-state index is 6.72. The number of hydrogen-bond acceptors (Lipinski definition) is 2. The van der Waals surface area contributed by atoms with Crippen molar-refractivity contribution in [1.82, 2.24) is 0 Å². The molecule has 5 aromatic carbocycles. The van der Waals surface area contributed by atoms with E-state index in [-0.39, 0.29) is 0 Å². The summed E-state index contributed by atoms with van der Waals surface area (Å²) in [7, 11) is -1.33. The molecule has 0 aliphatic heterocycles. The largest absolute Gasteiger partial charge is 0.416 e. The van der Waals surface area contributed by atoms with Crippen LogP contribution in [-0.2, 0) is 0 Å². The first kappa shape index (κ1) is 19.2. The van der Waals surface area contributed by atoms with Crippen molar-refractivity contribution >= 4 is 51.5 Å². The lowest BCUT2D eigenvalue weighted by Gasteiger charge is -2.10. The van der Waals surface area contributed by atoms with E-state index in [1.54, 1.807) is 0 Å². The second-order valence-electron chi connectivity index (χ2n) is 8.47. The summed E-state index contributed by atoms with van der Waals surface area (Å²) in [6, 6.07) is 34.0. The van der Waals surface area contributed by atoms with Crippen LogP contribution in [0.1, 0.15) is 25.3 Å². The zero-order chi connectivity index (χ0) is 21.7. The SMILES string of the molecule is CC(C)c1ccccc1-p1oc2ccc3ccccc3c2c2c(ccc3ccccc32)o1. The molecule has 0 aliphatic carbocycles. The highest BCUT2D eigenvalue weighted by Crippen LogP contribution is 2.47. The van der Waals surface area contributed by atoms with Crippen molar-refractivity contribution in [3.63, 3.8) is 0 Å². The Morgan fingerprint density at radius 3 is 1.62 bits per heavy atom. The Kier molecular flexibility index (Phi) is 4.56. The molecule has 0 saturated carbocycles. The zero-order valence-electron chi connectivity index (χ0n) is 18.1. The molecule has 1 heterocycles. The monoisotopic (exact) mass is 434 g/mol. The molecular formula is C29H23O2P. The lowest BCUT2D eigenvalue weighted by Crippen LogP contribution is -1.87. The zero-order valence-corrected chi connectivity index (χ0v) is 19.0. The van der Waals surface area contributed by atoms with Gasteiger partial charge in [-0.25, -0.2) is 0 Å². The van der Waals surface area contributed by atoms with Gasteiger partial charge < -0.3 is 8.39 Å². The van der Waals surface area contributed by atoms with Gasteiger partial charge in [0, 0.05) is 10.8 Å². The molecule has 0 saturated heterocycles. The van der Waals surface area contributed by atoms with Gasteiger partial charge in [-0.1, -0.05) is 92.7 Å². The van der Waals surface area contributed by atoms with Crippen molar-refractivity contribution < 1.29 is 8.39 Å². The van der Waals surface area contributed by atoms with Gasteiger partial charge in [-0.3, -0.25) is 0 Å². The second-order valence-corrected chi connectivity index (χ2v) is 9.83. The molecule has 6 rings (SSSR count). The van der Waals surface area contributed by atoms with Gasteiger partial charge in [0.05, 0.1) is 5.30 Å². The van der Waals surface area contributed by atoms with Gasteiger partial charge in [0.25, 0.3) is 8.01 Å². The Bertz CT molecular complexity index is 1560. The van der Waals surface area contributed by atoms with Gasteiger partial charge in [-0.15, -0.1) is 0 Å². The fourth-order valence-corrected chi connectivity index (χ4v) is 6.26. The van der Waals surface area contributed by atoms with Crippen LogP contribution in [0.2, 0.25) is 0 Å². The molecule has 1 aromatic heterocycles. The van der Waals surface area contributed by atoms with Crippen molar-refractivity contribution in [2.45, 2.75) is 19.8 Å². The normalized spacial score (nSPS) is 11.7. The summed E-state index contributed by atoms with van der Waals surface area (Å²) in [5.74, 6) is 0.385. The van der Waals surface area contributed by atoms with Crippen molar-refractivity contribution in [2.24, 2.45) is 0 Å². The quantitative estimate of drug-likeness (QED) is 0.271. The summed E-state index contributed by atoms with van der Waals surface area (Å²) in [4.78, 5) is 0. The van der Waals surface area contributed by atoms with Gasteiger partial charge in [-0.2, -0.15) is 0 Å². The Hall–Kier alpha value is -3.48. The maximum Gasteiger partial charge on any atom is 0.253 e. The fraction of sp³-hybridized carbons (Fsp3) is 0.103. The first-order valence-electron chi connectivity index (χ1n) is 11.0. The van der Waals surface area contributed by atoms with Gasteiger partial charge >= 0.3 is 0 Å². The van der Waals surface area contributed by atoms with E-state index >= 15 is 0 Å². The average Bonchev–Trinajstić information content (AvgIpc) is 3.01. The molecule has 32 heavy (non-hydrogen) atoms. The van der Waals surface area contributed by atoms with Crippen LogP contribution in [0.15, 0.2) is 105 Å². The highest BCUT2D eigenvalue weighted by molar-refractivity contribution is 7.45. The minimum Gasteiger partial charge on any atom is -0.416 e. The summed E-state index contributed by atoms with van der Waals surface area (Å²) in [6.45, 7) is 4.43. The molecular weight excluding hydrogens is 411 g/mol. The second kappa shape index (κ2) is 7.58. The number of hydrogen-bond donors (Lipinski definition) is 0. The van der Waals surface area contributed by atoms with Crippen molar-refractivity contribution in [3.8, 4) is 5.30 Å². The third-order valence-electron chi connectivity index (χ3n) is 6.15. The maximum atomic E-state index is 6.72. The molecule has 0 amide bonds. The number of benzene rings is 5. The van der Waals surface area contributed by atoms with Crippen molar-refractivity contribution in [2.75, 3.05) is 0 Å². The predicted molar refractivity (Wildman–Crippen MR) is 137 cm³/mol. The standard InChI is InChI=1S/C29H23O2P/c1-19(2)22-11-7-8-14-27(22)32-30-25-17-15-20-9-3-5-12-23(20)28(25)29-24-13-6-4-10-21(24)16-18-26(29)31-32/h3-19H,1-2H3. The molecule has 0 atom stereocenters. The highest BCUT2D eigenvalue weighted by atomic mass is 31.1. The predicted octanol–water partition coefficient (Wildman–Crippen LogP) is 9.71. The van der Waals surface area contributed by atoms with E-state index in [0.29, 0.717) is 5.92 Å². The summed E-state index contributed by atoms with van der Waals surface area (Å²) in [6.07, 6.45) is 0. The molecule has 0 bridgehead atoms. The van der Waals surface area contributed by atoms with Crippen LogP contribution in [0.3, 0.4) is 0 Å². The number of rotatable bonds is 2. The van der Waals surface area contributed by atoms with Crippen LogP contribution in [-0.4, -0.2) is 0 Å². The van der Waals surface area contributed by atoms with Gasteiger partial charge in [-0.05, 0) is 51.2 Å². The first-order valence-corrected chi connectivity index (χ1v) is 12.2. The Morgan fingerprint density at radius 1 is 0.562 bits per heavy atom. The molecule has 0 radical (unpaired) electrons. The first-order chi connectivity index (χ1) is 15.7. The Balaban J connectivity index is 1.88. The Labute approximate surface area is 187 Å². The third-order valence-corrected chi connectivity index (χ3v) is 7.68. The molecule has 0 unspecified atom stereocenters. The topological polar surface area (TPSA) is 26.3 Å². The molecule has 0 fully saturated rings. The lowest BCUT2D eigenvalue weighted by atomic mass is 9.99. The molecule has 0 spiro atoms. The summed E-state index contributed by atoms with van der Waals surface area (Å²) >= 11 is 0. The highest BCUT2D eigenvalue weighted by Gasteiger charge is 2.16. The van der Waals surface area contributed by atoms with Crippen LogP contribution in [0, 0.1) is 0 Å². The van der Waals surface area contributed by atoms with E-state index < -0.39 is 8.01 Å². The summed E-state index contributed by atoms with van der Waals surface area (Å²) in [5, 5.41) is 8.12. The van der Waals surface area contributed by atoms with Crippen LogP contribution in [0.4, 0.5) is 0 Å². The summed E-state index contributed by atoms with van der Waals surface area (Å²) in [5.41, 5.74) is 3.03. The van der Waals surface area contributed by atoms with E-state index in [2.05, 4.69) is 111 Å². The van der Waals surface area contributed by atoms with Gasteiger partial charge in [0.1, 0.15) is 11.2 Å². The van der Waals surface area contributed by atoms with E-state index in [4.69, 9.17) is 8.39 Å². The van der Waals surface area contributed by atoms with E-state index in [0.717, 1.165) is 27.2 Å². The minimum absolute atomic E-state index is 0.385. The van der Waals surface area contributed by atoms with E-state index in [1.165, 1.54) is 27.1 Å². The molecule has 0 N–H and O–H groups in total. The minimum atomic E-state index is -1.33. The number of fused-ring (bicyclic) bond motifs is 7. The molecule has 6 aromatic rings. The molecule has 2 nitrogen and oxygen atoms in total. The smallest absolute Gasteiger partial charge is 0.253 e. The molecule has 0 aliphatic rings. The van der Waals surface area contributed by atoms with E-state index in [1.807, 2.05) is 0 Å². The van der Waals surface area contributed by atoms with Crippen LogP contribution >= 0.6 is 8.01 Å². The summed E-state index contributed by atoms with van der Waals surface area (Å²) < 4.78 is 13.4. The van der Waals surface area contributed by atoms with Crippen LogP contribution in [0.5, 0.6) is 0 Å². The van der Waals surface area contributed by atoms with Gasteiger partial charge in [0.2, 0.25) is 0 Å². The average molecular weight is 434 g/mol.